The summed E-state index contributed by atoms with van der Waals surface area (Å²) >= 11 is 11.0. The fourth-order valence-electron chi connectivity index (χ4n) is 5.09. The molecular formula is C33H29BrClN3O7S. The molecule has 1 aromatic heterocycles. The predicted molar refractivity (Wildman–Crippen MR) is 179 cm³/mol. The number of nitro benzene ring substituents is 1. The Hall–Kier alpha value is -4.26. The van der Waals surface area contributed by atoms with Gasteiger partial charge in [-0.1, -0.05) is 53.3 Å². The van der Waals surface area contributed by atoms with E-state index in [2.05, 4.69) is 20.9 Å². The van der Waals surface area contributed by atoms with Gasteiger partial charge >= 0.3 is 5.97 Å². The van der Waals surface area contributed by atoms with E-state index < -0.39 is 22.5 Å². The molecule has 13 heteroatoms. The van der Waals surface area contributed by atoms with E-state index in [1.165, 1.54) is 10.6 Å². The standard InChI is InChI=1S/C33H29BrClN3O7S/c1-5-43-26-14-20(13-23(34)30(26)45-17-22-9-7-8-10-24(22)35)15-27-31(39)37-29(21-12-11-18(3)25(16-21)38(41)42)28(32(40)44-6-2)19(4)36-33(37)46-27/h7-16,29H,5-6,17H2,1-4H3/b27-15+/t29-/m0/s1. The second-order valence-electron chi connectivity index (χ2n) is 10.2. The van der Waals surface area contributed by atoms with Gasteiger partial charge in [0.05, 0.1) is 44.5 Å². The number of ether oxygens (including phenoxy) is 3. The second-order valence-corrected chi connectivity index (χ2v) is 12.5. The third-order valence-corrected chi connectivity index (χ3v) is 9.16. The summed E-state index contributed by atoms with van der Waals surface area (Å²) < 4.78 is 19.7. The molecule has 1 aliphatic heterocycles. The van der Waals surface area contributed by atoms with E-state index >= 15 is 0 Å². The molecule has 4 aromatic rings. The largest absolute Gasteiger partial charge is 0.490 e. The molecule has 0 bridgehead atoms. The van der Waals surface area contributed by atoms with Crippen molar-refractivity contribution in [3.8, 4) is 11.5 Å². The number of esters is 1. The van der Waals surface area contributed by atoms with E-state index in [-0.39, 0.29) is 24.5 Å². The molecule has 0 saturated heterocycles. The van der Waals surface area contributed by atoms with Crippen LogP contribution in [0, 0.1) is 17.0 Å². The quantitative estimate of drug-likeness (QED) is 0.105. The van der Waals surface area contributed by atoms with Gasteiger partial charge in [0.25, 0.3) is 11.2 Å². The number of aromatic nitrogens is 1. The average Bonchev–Trinajstić information content (AvgIpc) is 3.31. The molecule has 0 amide bonds. The summed E-state index contributed by atoms with van der Waals surface area (Å²) in [6.07, 6.45) is 1.70. The summed E-state index contributed by atoms with van der Waals surface area (Å²) in [6.45, 7) is 7.52. The van der Waals surface area contributed by atoms with Crippen LogP contribution in [0.25, 0.3) is 6.08 Å². The SMILES string of the molecule is CCOC(=O)C1=C(C)N=c2s/c(=C/c3cc(Br)c(OCc4ccccc4Cl)c(OCC)c3)c(=O)n2[C@H]1c1ccc(C)c([N+](=O)[O-])c1. The van der Waals surface area contributed by atoms with Crippen LogP contribution in [0.2, 0.25) is 5.02 Å². The maximum absolute atomic E-state index is 14.1. The molecule has 0 radical (unpaired) electrons. The van der Waals surface area contributed by atoms with Crippen LogP contribution in [0.15, 0.2) is 80.1 Å². The minimum atomic E-state index is -0.983. The molecule has 1 atom stereocenters. The van der Waals surface area contributed by atoms with E-state index in [0.717, 1.165) is 16.9 Å². The molecule has 3 aromatic carbocycles. The second kappa shape index (κ2) is 14.0. The number of allylic oxidation sites excluding steroid dienone is 1. The minimum absolute atomic E-state index is 0.107. The van der Waals surface area contributed by atoms with Crippen LogP contribution in [-0.4, -0.2) is 28.7 Å². The Morgan fingerprint density at radius 1 is 1.13 bits per heavy atom. The Bertz CT molecular complexity index is 2070. The summed E-state index contributed by atoms with van der Waals surface area (Å²) in [7, 11) is 0. The number of benzene rings is 3. The van der Waals surface area contributed by atoms with Gasteiger partial charge in [0.1, 0.15) is 6.61 Å². The molecule has 1 aliphatic rings. The summed E-state index contributed by atoms with van der Waals surface area (Å²) in [5, 5.41) is 12.4. The number of fused-ring (bicyclic) bond motifs is 1. The minimum Gasteiger partial charge on any atom is -0.490 e. The Morgan fingerprint density at radius 3 is 2.59 bits per heavy atom. The van der Waals surface area contributed by atoms with Crippen molar-refractivity contribution in [2.45, 2.75) is 40.3 Å². The predicted octanol–water partition coefficient (Wildman–Crippen LogP) is 6.41. The molecule has 0 spiro atoms. The lowest BCUT2D eigenvalue weighted by Gasteiger charge is -2.24. The first kappa shape index (κ1) is 33.1. The van der Waals surface area contributed by atoms with Crippen molar-refractivity contribution in [3.63, 3.8) is 0 Å². The summed E-state index contributed by atoms with van der Waals surface area (Å²) in [4.78, 5) is 43.5. The van der Waals surface area contributed by atoms with Gasteiger partial charge in [-0.3, -0.25) is 19.5 Å². The topological polar surface area (TPSA) is 122 Å². The molecule has 0 N–H and O–H groups in total. The zero-order chi connectivity index (χ0) is 33.1. The number of nitro groups is 1. The molecular weight excluding hydrogens is 698 g/mol. The molecule has 238 valence electrons. The van der Waals surface area contributed by atoms with Gasteiger partial charge in [0.2, 0.25) is 0 Å². The monoisotopic (exact) mass is 725 g/mol. The lowest BCUT2D eigenvalue weighted by atomic mass is 9.94. The van der Waals surface area contributed by atoms with Crippen LogP contribution in [0.3, 0.4) is 0 Å². The van der Waals surface area contributed by atoms with Crippen molar-refractivity contribution in [1.29, 1.82) is 0 Å². The molecule has 0 fully saturated rings. The lowest BCUT2D eigenvalue weighted by Crippen LogP contribution is -2.40. The van der Waals surface area contributed by atoms with Crippen LogP contribution in [0.4, 0.5) is 5.69 Å². The van der Waals surface area contributed by atoms with Crippen LogP contribution >= 0.6 is 38.9 Å². The van der Waals surface area contributed by atoms with Crippen LogP contribution in [0.5, 0.6) is 11.5 Å². The Kier molecular flexibility index (Phi) is 10.1. The number of thiazole rings is 1. The van der Waals surface area contributed by atoms with Crippen molar-refractivity contribution in [2.75, 3.05) is 13.2 Å². The van der Waals surface area contributed by atoms with Crippen molar-refractivity contribution in [2.24, 2.45) is 4.99 Å². The highest BCUT2D eigenvalue weighted by Gasteiger charge is 2.34. The zero-order valence-electron chi connectivity index (χ0n) is 25.3. The number of carbonyl (C=O) groups is 1. The Labute approximate surface area is 281 Å². The maximum Gasteiger partial charge on any atom is 0.338 e. The first-order chi connectivity index (χ1) is 22.0. The Morgan fingerprint density at radius 2 is 1.89 bits per heavy atom. The van der Waals surface area contributed by atoms with Gasteiger partial charge in [-0.25, -0.2) is 9.79 Å². The van der Waals surface area contributed by atoms with E-state index in [9.17, 15) is 19.7 Å². The fraction of sp³-hybridized carbons (Fsp3) is 0.242. The fourth-order valence-corrected chi connectivity index (χ4v) is 6.90. The summed E-state index contributed by atoms with van der Waals surface area (Å²) in [6, 6.07) is 14.6. The van der Waals surface area contributed by atoms with Gasteiger partial charge in [0.15, 0.2) is 16.3 Å². The molecule has 46 heavy (non-hydrogen) atoms. The number of hydrogen-bond donors (Lipinski definition) is 0. The third kappa shape index (κ3) is 6.64. The number of nitrogens with zero attached hydrogens (tertiary/aromatic N) is 3. The first-order valence-corrected chi connectivity index (χ1v) is 16.3. The van der Waals surface area contributed by atoms with Crippen LogP contribution in [0.1, 0.15) is 49.1 Å². The third-order valence-electron chi connectivity index (χ3n) is 7.22. The molecule has 10 nitrogen and oxygen atoms in total. The van der Waals surface area contributed by atoms with Gasteiger partial charge < -0.3 is 14.2 Å². The molecule has 0 unspecified atom stereocenters. The van der Waals surface area contributed by atoms with E-state index in [4.69, 9.17) is 25.8 Å². The molecule has 2 heterocycles. The molecule has 5 rings (SSSR count). The number of hydrogen-bond acceptors (Lipinski definition) is 9. The normalized spacial score (nSPS) is 14.5. The highest BCUT2D eigenvalue weighted by Crippen LogP contribution is 2.38. The molecule has 0 saturated carbocycles. The average molecular weight is 727 g/mol. The number of rotatable bonds is 10. The van der Waals surface area contributed by atoms with Gasteiger partial charge in [-0.2, -0.15) is 0 Å². The zero-order valence-corrected chi connectivity index (χ0v) is 28.5. The lowest BCUT2D eigenvalue weighted by molar-refractivity contribution is -0.385. The van der Waals surface area contributed by atoms with Crippen LogP contribution < -0.4 is 24.4 Å². The van der Waals surface area contributed by atoms with Gasteiger partial charge in [-0.05, 0) is 79.0 Å². The van der Waals surface area contributed by atoms with Crippen molar-refractivity contribution in [3.05, 3.63) is 127 Å². The van der Waals surface area contributed by atoms with Crippen molar-refractivity contribution in [1.82, 2.24) is 4.57 Å². The van der Waals surface area contributed by atoms with E-state index in [1.807, 2.05) is 25.1 Å². The van der Waals surface area contributed by atoms with Gasteiger partial charge in [0, 0.05) is 22.2 Å². The van der Waals surface area contributed by atoms with Gasteiger partial charge in [-0.15, -0.1) is 0 Å². The summed E-state index contributed by atoms with van der Waals surface area (Å²) in [5.41, 5.74) is 2.27. The number of aryl methyl sites for hydroxylation is 1. The highest BCUT2D eigenvalue weighted by molar-refractivity contribution is 9.10. The summed E-state index contributed by atoms with van der Waals surface area (Å²) in [5.74, 6) is 0.299. The van der Waals surface area contributed by atoms with E-state index in [1.54, 1.807) is 57.2 Å². The number of carbonyl (C=O) groups excluding carboxylic acids is 1. The maximum atomic E-state index is 14.1. The smallest absolute Gasteiger partial charge is 0.338 e. The van der Waals surface area contributed by atoms with Crippen LogP contribution in [-0.2, 0) is 16.1 Å². The first-order valence-electron chi connectivity index (χ1n) is 14.3. The Balaban J connectivity index is 1.62. The van der Waals surface area contributed by atoms with Crippen molar-refractivity contribution >= 4 is 56.6 Å². The molecule has 0 aliphatic carbocycles. The van der Waals surface area contributed by atoms with E-state index in [0.29, 0.717) is 59.3 Å². The number of halogens is 2. The van der Waals surface area contributed by atoms with Crippen molar-refractivity contribution < 1.29 is 23.9 Å². The highest BCUT2D eigenvalue weighted by atomic mass is 79.9.